The third-order valence-corrected chi connectivity index (χ3v) is 7.15. The van der Waals surface area contributed by atoms with Crippen LogP contribution in [0.15, 0.2) is 48.5 Å². The molecule has 4 rings (SSSR count). The maximum atomic E-state index is 12.3. The Kier molecular flexibility index (Phi) is 8.40. The third-order valence-electron chi connectivity index (χ3n) is 7.15. The van der Waals surface area contributed by atoms with E-state index < -0.39 is 18.1 Å². The summed E-state index contributed by atoms with van der Waals surface area (Å²) in [5.41, 5.74) is 4.70. The molecule has 0 heterocycles. The summed E-state index contributed by atoms with van der Waals surface area (Å²) >= 11 is 0. The summed E-state index contributed by atoms with van der Waals surface area (Å²) in [5, 5.41) is 15.0. The first-order valence-corrected chi connectivity index (χ1v) is 12.7. The Morgan fingerprint density at radius 1 is 0.914 bits per heavy atom. The Hall–Kier alpha value is -3.35. The molecule has 0 bridgehead atoms. The van der Waals surface area contributed by atoms with Gasteiger partial charge >= 0.3 is 12.1 Å². The van der Waals surface area contributed by atoms with Gasteiger partial charge in [-0.05, 0) is 53.9 Å². The van der Waals surface area contributed by atoms with Gasteiger partial charge in [0.05, 0.1) is 0 Å². The number of hydrogen-bond acceptors (Lipinski definition) is 4. The van der Waals surface area contributed by atoms with Crippen molar-refractivity contribution in [3.63, 3.8) is 0 Å². The van der Waals surface area contributed by atoms with Crippen LogP contribution in [-0.4, -0.2) is 42.3 Å². The lowest BCUT2D eigenvalue weighted by molar-refractivity contribution is -0.143. The second kappa shape index (κ2) is 11.9. The predicted molar refractivity (Wildman–Crippen MR) is 133 cm³/mol. The van der Waals surface area contributed by atoms with Gasteiger partial charge in [-0.15, -0.1) is 0 Å². The van der Waals surface area contributed by atoms with Crippen LogP contribution in [0.1, 0.15) is 68.4 Å². The van der Waals surface area contributed by atoms with Crippen molar-refractivity contribution in [3.8, 4) is 11.1 Å². The van der Waals surface area contributed by atoms with Crippen LogP contribution in [-0.2, 0) is 14.3 Å². The van der Waals surface area contributed by atoms with Crippen LogP contribution < -0.4 is 10.6 Å². The number of unbranched alkanes of at least 4 members (excludes halogenated alkanes) is 1. The number of aliphatic carboxylic acids is 1. The minimum atomic E-state index is -0.956. The van der Waals surface area contributed by atoms with E-state index in [0.717, 1.165) is 32.1 Å². The van der Waals surface area contributed by atoms with Crippen molar-refractivity contribution < 1.29 is 24.2 Å². The van der Waals surface area contributed by atoms with E-state index in [1.165, 1.54) is 22.3 Å². The highest BCUT2D eigenvalue weighted by atomic mass is 16.5. The van der Waals surface area contributed by atoms with Crippen molar-refractivity contribution in [2.75, 3.05) is 13.2 Å². The third kappa shape index (κ3) is 6.21. The fourth-order valence-electron chi connectivity index (χ4n) is 5.34. The van der Waals surface area contributed by atoms with Gasteiger partial charge in [0.1, 0.15) is 12.6 Å². The van der Waals surface area contributed by atoms with Gasteiger partial charge in [0.2, 0.25) is 5.91 Å². The Morgan fingerprint density at radius 3 is 2.17 bits per heavy atom. The molecule has 1 unspecified atom stereocenters. The number of carboxylic acids is 1. The molecule has 186 valence electrons. The lowest BCUT2D eigenvalue weighted by atomic mass is 9.84. The molecule has 0 spiro atoms. The summed E-state index contributed by atoms with van der Waals surface area (Å²) in [5.74, 6) is -1.17. The number of carboxylic acid groups (broad SMARTS) is 1. The van der Waals surface area contributed by atoms with E-state index >= 15 is 0 Å². The Labute approximate surface area is 206 Å². The number of ether oxygens (including phenoxy) is 1. The first-order chi connectivity index (χ1) is 17.0. The molecule has 2 aromatic rings. The van der Waals surface area contributed by atoms with Gasteiger partial charge in [-0.3, -0.25) is 4.79 Å². The lowest BCUT2D eigenvalue weighted by Crippen LogP contribution is -2.46. The summed E-state index contributed by atoms with van der Waals surface area (Å²) in [7, 11) is 0. The van der Waals surface area contributed by atoms with E-state index in [1.54, 1.807) is 0 Å². The molecule has 2 aliphatic carbocycles. The van der Waals surface area contributed by atoms with Gasteiger partial charge < -0.3 is 20.5 Å². The van der Waals surface area contributed by atoms with E-state index in [0.29, 0.717) is 19.4 Å². The molecule has 2 aliphatic rings. The van der Waals surface area contributed by atoms with Crippen LogP contribution in [0.3, 0.4) is 0 Å². The molecule has 7 heteroatoms. The van der Waals surface area contributed by atoms with Crippen LogP contribution in [0.5, 0.6) is 0 Å². The average Bonchev–Trinajstić information content (AvgIpc) is 3.20. The average molecular weight is 479 g/mol. The number of rotatable bonds is 10. The second-order valence-electron chi connectivity index (χ2n) is 9.49. The summed E-state index contributed by atoms with van der Waals surface area (Å²) in [6.07, 6.45) is 5.81. The largest absolute Gasteiger partial charge is 0.480 e. The summed E-state index contributed by atoms with van der Waals surface area (Å²) in [4.78, 5) is 36.1. The Bertz CT molecular complexity index is 1000. The quantitative estimate of drug-likeness (QED) is 0.424. The molecule has 3 N–H and O–H groups in total. The Balaban J connectivity index is 1.15. The standard InChI is InChI=1S/C28H34N2O5/c31-25(30-26(27(32)33)19-10-2-1-3-11-19)16-8-9-17-29-28(34)35-18-24-22-14-6-4-12-20(22)21-13-5-7-15-23(21)24/h4-7,12-15,19,24,26H,1-3,8-11,16-18H2,(H,29,34)(H,30,31)(H,32,33). The molecular weight excluding hydrogens is 444 g/mol. The minimum absolute atomic E-state index is 0.0143. The molecule has 0 aromatic heterocycles. The topological polar surface area (TPSA) is 105 Å². The fraction of sp³-hybridized carbons (Fsp3) is 0.464. The molecule has 0 aliphatic heterocycles. The molecule has 35 heavy (non-hydrogen) atoms. The summed E-state index contributed by atoms with van der Waals surface area (Å²) < 4.78 is 5.52. The molecule has 1 fully saturated rings. The van der Waals surface area contributed by atoms with Crippen molar-refractivity contribution in [1.29, 1.82) is 0 Å². The van der Waals surface area contributed by atoms with E-state index in [9.17, 15) is 19.5 Å². The van der Waals surface area contributed by atoms with Crippen LogP contribution in [0.4, 0.5) is 4.79 Å². The van der Waals surface area contributed by atoms with Crippen molar-refractivity contribution in [3.05, 3.63) is 59.7 Å². The van der Waals surface area contributed by atoms with Gasteiger partial charge in [0, 0.05) is 18.9 Å². The monoisotopic (exact) mass is 478 g/mol. The number of nitrogens with one attached hydrogen (secondary N) is 2. The van der Waals surface area contributed by atoms with Crippen LogP contribution in [0, 0.1) is 5.92 Å². The predicted octanol–water partition coefficient (Wildman–Crippen LogP) is 4.85. The fourth-order valence-corrected chi connectivity index (χ4v) is 5.34. The molecule has 0 radical (unpaired) electrons. The lowest BCUT2D eigenvalue weighted by Gasteiger charge is -2.28. The first-order valence-electron chi connectivity index (χ1n) is 12.7. The van der Waals surface area contributed by atoms with Gasteiger partial charge in [-0.1, -0.05) is 67.8 Å². The van der Waals surface area contributed by atoms with Crippen molar-refractivity contribution in [2.45, 2.75) is 63.3 Å². The zero-order chi connectivity index (χ0) is 24.6. The van der Waals surface area contributed by atoms with Gasteiger partial charge in [0.25, 0.3) is 0 Å². The number of carbonyl (C=O) groups excluding carboxylic acids is 2. The molecule has 7 nitrogen and oxygen atoms in total. The van der Waals surface area contributed by atoms with E-state index in [2.05, 4.69) is 34.9 Å². The molecule has 1 saturated carbocycles. The number of carbonyl (C=O) groups is 3. The van der Waals surface area contributed by atoms with Gasteiger partial charge in [0.15, 0.2) is 0 Å². The van der Waals surface area contributed by atoms with Crippen molar-refractivity contribution in [2.24, 2.45) is 5.92 Å². The number of alkyl carbamates (subject to hydrolysis) is 1. The summed E-state index contributed by atoms with van der Waals surface area (Å²) in [6.45, 7) is 0.662. The minimum Gasteiger partial charge on any atom is -0.480 e. The molecule has 0 saturated heterocycles. The maximum absolute atomic E-state index is 12.3. The molecule has 1 atom stereocenters. The van der Waals surface area contributed by atoms with Gasteiger partial charge in [-0.2, -0.15) is 0 Å². The van der Waals surface area contributed by atoms with Crippen LogP contribution in [0.2, 0.25) is 0 Å². The van der Waals surface area contributed by atoms with Crippen LogP contribution in [0.25, 0.3) is 11.1 Å². The van der Waals surface area contributed by atoms with Crippen molar-refractivity contribution >= 4 is 18.0 Å². The highest BCUT2D eigenvalue weighted by Crippen LogP contribution is 2.44. The number of hydrogen-bond donors (Lipinski definition) is 3. The zero-order valence-electron chi connectivity index (χ0n) is 20.0. The van der Waals surface area contributed by atoms with Crippen LogP contribution >= 0.6 is 0 Å². The van der Waals surface area contributed by atoms with E-state index in [-0.39, 0.29) is 30.8 Å². The van der Waals surface area contributed by atoms with E-state index in [4.69, 9.17) is 4.74 Å². The maximum Gasteiger partial charge on any atom is 0.407 e. The highest BCUT2D eigenvalue weighted by Gasteiger charge is 2.31. The molecule has 2 aromatic carbocycles. The van der Waals surface area contributed by atoms with Crippen molar-refractivity contribution in [1.82, 2.24) is 10.6 Å². The molecule has 2 amide bonds. The second-order valence-corrected chi connectivity index (χ2v) is 9.49. The molecular formula is C28H34N2O5. The highest BCUT2D eigenvalue weighted by molar-refractivity contribution is 5.83. The number of fused-ring (bicyclic) bond motifs is 3. The smallest absolute Gasteiger partial charge is 0.407 e. The Morgan fingerprint density at radius 2 is 1.54 bits per heavy atom. The van der Waals surface area contributed by atoms with E-state index in [1.807, 2.05) is 24.3 Å². The summed E-state index contributed by atoms with van der Waals surface area (Å²) in [6, 6.07) is 15.6. The zero-order valence-corrected chi connectivity index (χ0v) is 20.0. The SMILES string of the molecule is O=C(CCCCNC(=O)OCC1c2ccccc2-c2ccccc21)NC(C(=O)O)C1CCCCC1. The van der Waals surface area contributed by atoms with Gasteiger partial charge in [-0.25, -0.2) is 9.59 Å². The first kappa shape index (κ1) is 24.8. The number of amides is 2. The number of benzene rings is 2. The normalized spacial score (nSPS) is 16.1.